The topological polar surface area (TPSA) is 73.0 Å². The lowest BCUT2D eigenvalue weighted by Crippen LogP contribution is -2.13. The molecule has 0 atom stereocenters. The largest absolute Gasteiger partial charge is 0.308 e. The molecule has 1 aromatic carbocycles. The van der Waals surface area contributed by atoms with E-state index in [9.17, 15) is 10.1 Å². The van der Waals surface area contributed by atoms with Crippen molar-refractivity contribution in [3.05, 3.63) is 57.4 Å². The van der Waals surface area contributed by atoms with Crippen molar-refractivity contribution in [1.82, 2.24) is 15.1 Å². The number of benzene rings is 1. The molecule has 0 saturated carbocycles. The number of rotatable bonds is 6. The fourth-order valence-electron chi connectivity index (χ4n) is 2.07. The summed E-state index contributed by atoms with van der Waals surface area (Å²) >= 11 is 0. The summed E-state index contributed by atoms with van der Waals surface area (Å²) in [4.78, 5) is 10.5. The molecule has 0 amide bonds. The zero-order valence-corrected chi connectivity index (χ0v) is 11.7. The minimum absolute atomic E-state index is 0.170. The predicted molar refractivity (Wildman–Crippen MR) is 76.3 cm³/mol. The van der Waals surface area contributed by atoms with E-state index in [4.69, 9.17) is 0 Å². The Bertz CT molecular complexity index is 607. The summed E-state index contributed by atoms with van der Waals surface area (Å²) in [5.74, 6) is 0. The van der Waals surface area contributed by atoms with Crippen molar-refractivity contribution in [2.24, 2.45) is 0 Å². The molecule has 0 radical (unpaired) electrons. The third-order valence-electron chi connectivity index (χ3n) is 3.27. The molecule has 2 rings (SSSR count). The standard InChI is InChI=1S/C14H18N4O2/c1-3-17-10-12(8-16-17)7-15-9-13-5-4-6-14(11(13)2)18(19)20/h4-6,8,10,15H,3,7,9H2,1-2H3. The number of nitrogens with zero attached hydrogens (tertiary/aromatic N) is 3. The number of hydrogen-bond acceptors (Lipinski definition) is 4. The van der Waals surface area contributed by atoms with Crippen LogP contribution in [0.25, 0.3) is 0 Å². The lowest BCUT2D eigenvalue weighted by Gasteiger charge is -2.07. The van der Waals surface area contributed by atoms with Gasteiger partial charge in [0.05, 0.1) is 11.1 Å². The van der Waals surface area contributed by atoms with Gasteiger partial charge in [-0.2, -0.15) is 5.10 Å². The van der Waals surface area contributed by atoms with Gasteiger partial charge in [-0.25, -0.2) is 0 Å². The molecule has 0 bridgehead atoms. The Balaban J connectivity index is 1.97. The Morgan fingerprint density at radius 3 is 2.85 bits per heavy atom. The molecule has 0 spiro atoms. The van der Waals surface area contributed by atoms with E-state index in [1.165, 1.54) is 6.07 Å². The Morgan fingerprint density at radius 1 is 1.40 bits per heavy atom. The first-order valence-electron chi connectivity index (χ1n) is 6.56. The summed E-state index contributed by atoms with van der Waals surface area (Å²) in [5.41, 5.74) is 2.94. The van der Waals surface area contributed by atoms with Crippen LogP contribution in [0.4, 0.5) is 5.69 Å². The number of aromatic nitrogens is 2. The van der Waals surface area contributed by atoms with E-state index < -0.39 is 0 Å². The fourth-order valence-corrected chi connectivity index (χ4v) is 2.07. The molecule has 0 aliphatic carbocycles. The van der Waals surface area contributed by atoms with Crippen LogP contribution >= 0.6 is 0 Å². The highest BCUT2D eigenvalue weighted by atomic mass is 16.6. The molecule has 0 saturated heterocycles. The van der Waals surface area contributed by atoms with Gasteiger partial charge in [-0.15, -0.1) is 0 Å². The summed E-state index contributed by atoms with van der Waals surface area (Å²) in [5, 5.41) is 18.4. The molecule has 0 aliphatic rings. The molecule has 1 N–H and O–H groups in total. The highest BCUT2D eigenvalue weighted by Gasteiger charge is 2.12. The van der Waals surface area contributed by atoms with Crippen molar-refractivity contribution in [3.8, 4) is 0 Å². The maximum Gasteiger partial charge on any atom is 0.272 e. The monoisotopic (exact) mass is 274 g/mol. The molecular weight excluding hydrogens is 256 g/mol. The zero-order valence-electron chi connectivity index (χ0n) is 11.7. The third kappa shape index (κ3) is 3.21. The normalized spacial score (nSPS) is 10.7. The second-order valence-electron chi connectivity index (χ2n) is 4.63. The fraction of sp³-hybridized carbons (Fsp3) is 0.357. The average molecular weight is 274 g/mol. The number of nitro groups is 1. The molecule has 1 heterocycles. The van der Waals surface area contributed by atoms with E-state index in [1.54, 1.807) is 13.0 Å². The molecule has 0 unspecified atom stereocenters. The minimum Gasteiger partial charge on any atom is -0.308 e. The maximum absolute atomic E-state index is 10.9. The molecule has 0 fully saturated rings. The van der Waals surface area contributed by atoms with Gasteiger partial charge < -0.3 is 5.32 Å². The third-order valence-corrected chi connectivity index (χ3v) is 3.27. The minimum atomic E-state index is -0.343. The van der Waals surface area contributed by atoms with Crippen molar-refractivity contribution in [2.45, 2.75) is 33.5 Å². The highest BCUT2D eigenvalue weighted by molar-refractivity contribution is 5.44. The molecule has 1 aromatic heterocycles. The highest BCUT2D eigenvalue weighted by Crippen LogP contribution is 2.20. The second kappa shape index (κ2) is 6.29. The molecule has 0 aliphatic heterocycles. The number of aryl methyl sites for hydroxylation is 1. The zero-order chi connectivity index (χ0) is 14.5. The van der Waals surface area contributed by atoms with Gasteiger partial charge in [-0.3, -0.25) is 14.8 Å². The molecule has 106 valence electrons. The van der Waals surface area contributed by atoms with Crippen molar-refractivity contribution in [2.75, 3.05) is 0 Å². The molecule has 2 aromatic rings. The summed E-state index contributed by atoms with van der Waals surface area (Å²) < 4.78 is 1.87. The number of nitro benzene ring substituents is 1. The SMILES string of the molecule is CCn1cc(CNCc2cccc([N+](=O)[O-])c2C)cn1. The number of hydrogen-bond donors (Lipinski definition) is 1. The number of nitrogens with one attached hydrogen (secondary N) is 1. The smallest absolute Gasteiger partial charge is 0.272 e. The molecule has 6 nitrogen and oxygen atoms in total. The van der Waals surface area contributed by atoms with Crippen LogP contribution in [0.1, 0.15) is 23.6 Å². The van der Waals surface area contributed by atoms with Gasteiger partial charge >= 0.3 is 0 Å². The van der Waals surface area contributed by atoms with Gasteiger partial charge in [0.15, 0.2) is 0 Å². The Labute approximate surface area is 117 Å². The van der Waals surface area contributed by atoms with Crippen molar-refractivity contribution in [3.63, 3.8) is 0 Å². The van der Waals surface area contributed by atoms with Crippen molar-refractivity contribution < 1.29 is 4.92 Å². The van der Waals surface area contributed by atoms with Gasteiger partial charge in [-0.1, -0.05) is 12.1 Å². The maximum atomic E-state index is 10.9. The first-order valence-corrected chi connectivity index (χ1v) is 6.56. The van der Waals surface area contributed by atoms with E-state index in [-0.39, 0.29) is 10.6 Å². The lowest BCUT2D eigenvalue weighted by atomic mass is 10.1. The quantitative estimate of drug-likeness (QED) is 0.648. The van der Waals surface area contributed by atoms with Crippen LogP contribution < -0.4 is 5.32 Å². The van der Waals surface area contributed by atoms with Crippen LogP contribution in [0, 0.1) is 17.0 Å². The van der Waals surface area contributed by atoms with E-state index in [0.717, 1.165) is 17.7 Å². The molecule has 20 heavy (non-hydrogen) atoms. The van der Waals surface area contributed by atoms with Crippen LogP contribution in [0.15, 0.2) is 30.6 Å². The van der Waals surface area contributed by atoms with Gasteiger partial charge in [0.2, 0.25) is 0 Å². The summed E-state index contributed by atoms with van der Waals surface area (Å²) in [7, 11) is 0. The van der Waals surface area contributed by atoms with E-state index in [2.05, 4.69) is 10.4 Å². The second-order valence-corrected chi connectivity index (χ2v) is 4.63. The van der Waals surface area contributed by atoms with Gasteiger partial charge in [0.25, 0.3) is 5.69 Å². The van der Waals surface area contributed by atoms with Crippen molar-refractivity contribution >= 4 is 5.69 Å². The molecule has 6 heteroatoms. The van der Waals surface area contributed by atoms with E-state index in [0.29, 0.717) is 18.7 Å². The van der Waals surface area contributed by atoms with Gasteiger partial charge in [0.1, 0.15) is 0 Å². The average Bonchev–Trinajstić information content (AvgIpc) is 2.88. The lowest BCUT2D eigenvalue weighted by molar-refractivity contribution is -0.385. The van der Waals surface area contributed by atoms with Gasteiger partial charge in [-0.05, 0) is 19.4 Å². The molecular formula is C14H18N4O2. The van der Waals surface area contributed by atoms with Crippen LogP contribution in [-0.4, -0.2) is 14.7 Å². The summed E-state index contributed by atoms with van der Waals surface area (Å²) in [6, 6.07) is 5.16. The Morgan fingerprint density at radius 2 is 2.20 bits per heavy atom. The van der Waals surface area contributed by atoms with E-state index in [1.807, 2.05) is 30.1 Å². The predicted octanol–water partition coefficient (Wildman–Crippen LogP) is 2.41. The van der Waals surface area contributed by atoms with Crippen LogP contribution in [0.3, 0.4) is 0 Å². The Hall–Kier alpha value is -2.21. The first kappa shape index (κ1) is 14.2. The first-order chi connectivity index (χ1) is 9.61. The summed E-state index contributed by atoms with van der Waals surface area (Å²) in [6.07, 6.45) is 3.82. The summed E-state index contributed by atoms with van der Waals surface area (Å²) in [6.45, 7) is 5.97. The van der Waals surface area contributed by atoms with Crippen LogP contribution in [0.2, 0.25) is 0 Å². The van der Waals surface area contributed by atoms with Crippen LogP contribution in [-0.2, 0) is 19.6 Å². The van der Waals surface area contributed by atoms with Gasteiger partial charge in [0, 0.05) is 43.0 Å². The van der Waals surface area contributed by atoms with E-state index >= 15 is 0 Å². The van der Waals surface area contributed by atoms with Crippen molar-refractivity contribution in [1.29, 1.82) is 0 Å². The Kier molecular flexibility index (Phi) is 4.47. The van der Waals surface area contributed by atoms with Crippen LogP contribution in [0.5, 0.6) is 0 Å².